The van der Waals surface area contributed by atoms with Crippen LogP contribution in [0.15, 0.2) is 59.8 Å². The number of halogens is 1. The quantitative estimate of drug-likeness (QED) is 0.464. The first-order chi connectivity index (χ1) is 13.4. The fourth-order valence-corrected chi connectivity index (χ4v) is 3.32. The Labute approximate surface area is 168 Å². The van der Waals surface area contributed by atoms with E-state index in [9.17, 15) is 8.42 Å². The molecule has 0 saturated carbocycles. The van der Waals surface area contributed by atoms with Crippen molar-refractivity contribution >= 4 is 50.3 Å². The SMILES string of the molecule is CNc1ccc(S(=O)(=O)NC)cc1Nc1cc(Nc2ccc(Cl)cc2)ncn1. The molecule has 0 radical (unpaired) electrons. The van der Waals surface area contributed by atoms with Gasteiger partial charge >= 0.3 is 0 Å². The van der Waals surface area contributed by atoms with Crippen molar-refractivity contribution in [1.82, 2.24) is 14.7 Å². The van der Waals surface area contributed by atoms with Crippen molar-refractivity contribution in [2.75, 3.05) is 30.0 Å². The standard InChI is InChI=1S/C18H19ClN6O2S/c1-20-15-8-7-14(28(26,27)21-2)9-16(15)25-18-10-17(22-11-23-18)24-13-5-3-12(19)4-6-13/h3-11,20-21H,1-2H3,(H2,22,23,24,25). The van der Waals surface area contributed by atoms with Crippen molar-refractivity contribution in [3.8, 4) is 0 Å². The van der Waals surface area contributed by atoms with Gasteiger partial charge < -0.3 is 16.0 Å². The van der Waals surface area contributed by atoms with Crippen LogP contribution in [-0.4, -0.2) is 32.5 Å². The average molecular weight is 419 g/mol. The van der Waals surface area contributed by atoms with E-state index in [-0.39, 0.29) is 4.90 Å². The van der Waals surface area contributed by atoms with Crippen LogP contribution in [0.1, 0.15) is 0 Å². The summed E-state index contributed by atoms with van der Waals surface area (Å²) in [4.78, 5) is 8.54. The molecule has 0 spiro atoms. The number of anilines is 5. The van der Waals surface area contributed by atoms with E-state index < -0.39 is 10.0 Å². The Morgan fingerprint density at radius 3 is 2.18 bits per heavy atom. The normalized spacial score (nSPS) is 11.1. The molecule has 3 rings (SSSR count). The van der Waals surface area contributed by atoms with Crippen LogP contribution < -0.4 is 20.7 Å². The van der Waals surface area contributed by atoms with Gasteiger partial charge in [0.1, 0.15) is 18.0 Å². The molecular formula is C18H19ClN6O2S. The molecule has 10 heteroatoms. The molecule has 0 aliphatic rings. The van der Waals surface area contributed by atoms with Crippen LogP contribution in [0.5, 0.6) is 0 Å². The fraction of sp³-hybridized carbons (Fsp3) is 0.111. The summed E-state index contributed by atoms with van der Waals surface area (Å²) in [6.07, 6.45) is 1.41. The minimum absolute atomic E-state index is 0.144. The number of sulfonamides is 1. The van der Waals surface area contributed by atoms with E-state index in [0.717, 1.165) is 11.4 Å². The van der Waals surface area contributed by atoms with Gasteiger partial charge in [0.25, 0.3) is 0 Å². The fourth-order valence-electron chi connectivity index (χ4n) is 2.44. The predicted octanol–water partition coefficient (Wildman–Crippen LogP) is 3.57. The Kier molecular flexibility index (Phi) is 5.98. The van der Waals surface area contributed by atoms with Crippen molar-refractivity contribution in [3.05, 3.63) is 59.9 Å². The lowest BCUT2D eigenvalue weighted by Gasteiger charge is -2.14. The lowest BCUT2D eigenvalue weighted by atomic mass is 10.2. The van der Waals surface area contributed by atoms with Crippen LogP contribution in [0.25, 0.3) is 0 Å². The number of aromatic nitrogens is 2. The van der Waals surface area contributed by atoms with E-state index >= 15 is 0 Å². The average Bonchev–Trinajstić information content (AvgIpc) is 2.70. The Morgan fingerprint density at radius 2 is 1.54 bits per heavy atom. The van der Waals surface area contributed by atoms with Gasteiger partial charge in [-0.1, -0.05) is 11.6 Å². The third-order valence-electron chi connectivity index (χ3n) is 3.89. The van der Waals surface area contributed by atoms with Crippen molar-refractivity contribution in [3.63, 3.8) is 0 Å². The van der Waals surface area contributed by atoms with Gasteiger partial charge in [-0.15, -0.1) is 0 Å². The van der Waals surface area contributed by atoms with E-state index in [4.69, 9.17) is 11.6 Å². The van der Waals surface area contributed by atoms with Gasteiger partial charge in [-0.2, -0.15) is 0 Å². The first kappa shape index (κ1) is 19.9. The highest BCUT2D eigenvalue weighted by Crippen LogP contribution is 2.28. The summed E-state index contributed by atoms with van der Waals surface area (Å²) in [6.45, 7) is 0. The maximum absolute atomic E-state index is 12.1. The molecule has 2 aromatic carbocycles. The summed E-state index contributed by atoms with van der Waals surface area (Å²) in [5.41, 5.74) is 2.11. The van der Waals surface area contributed by atoms with Crippen LogP contribution in [0, 0.1) is 0 Å². The van der Waals surface area contributed by atoms with Crippen molar-refractivity contribution < 1.29 is 8.42 Å². The Morgan fingerprint density at radius 1 is 0.857 bits per heavy atom. The number of nitrogens with one attached hydrogen (secondary N) is 4. The number of benzene rings is 2. The van der Waals surface area contributed by atoms with E-state index in [1.807, 2.05) is 12.1 Å². The van der Waals surface area contributed by atoms with Crippen LogP contribution >= 0.6 is 11.6 Å². The molecule has 28 heavy (non-hydrogen) atoms. The van der Waals surface area contributed by atoms with Crippen molar-refractivity contribution in [2.45, 2.75) is 4.90 Å². The van der Waals surface area contributed by atoms with E-state index in [1.54, 1.807) is 31.3 Å². The summed E-state index contributed by atoms with van der Waals surface area (Å²) in [7, 11) is -0.445. The van der Waals surface area contributed by atoms with Gasteiger partial charge in [-0.05, 0) is 49.5 Å². The Balaban J connectivity index is 1.87. The van der Waals surface area contributed by atoms with Crippen LogP contribution in [0.4, 0.5) is 28.7 Å². The first-order valence-electron chi connectivity index (χ1n) is 8.28. The molecule has 0 saturated heterocycles. The molecule has 1 aromatic heterocycles. The molecule has 0 bridgehead atoms. The molecule has 0 aliphatic heterocycles. The second-order valence-corrected chi connectivity index (χ2v) is 8.03. The molecule has 8 nitrogen and oxygen atoms in total. The third kappa shape index (κ3) is 4.69. The van der Waals surface area contributed by atoms with Gasteiger partial charge in [-0.3, -0.25) is 0 Å². The van der Waals surface area contributed by atoms with Crippen LogP contribution in [0.3, 0.4) is 0 Å². The zero-order valence-electron chi connectivity index (χ0n) is 15.2. The van der Waals surface area contributed by atoms with Gasteiger partial charge in [0, 0.05) is 23.8 Å². The summed E-state index contributed by atoms with van der Waals surface area (Å²) in [5, 5.41) is 9.96. The minimum Gasteiger partial charge on any atom is -0.386 e. The largest absolute Gasteiger partial charge is 0.386 e. The number of hydrogen-bond donors (Lipinski definition) is 4. The highest BCUT2D eigenvalue weighted by Gasteiger charge is 2.14. The van der Waals surface area contributed by atoms with Crippen LogP contribution in [0.2, 0.25) is 5.02 Å². The summed E-state index contributed by atoms with van der Waals surface area (Å²) < 4.78 is 26.5. The molecule has 1 heterocycles. The van der Waals surface area contributed by atoms with Gasteiger partial charge in [0.15, 0.2) is 0 Å². The topological polar surface area (TPSA) is 108 Å². The first-order valence-corrected chi connectivity index (χ1v) is 10.1. The number of rotatable bonds is 7. The molecule has 0 aliphatic carbocycles. The maximum Gasteiger partial charge on any atom is 0.240 e. The smallest absolute Gasteiger partial charge is 0.240 e. The van der Waals surface area contributed by atoms with Gasteiger partial charge in [0.2, 0.25) is 10.0 Å². The van der Waals surface area contributed by atoms with Gasteiger partial charge in [0.05, 0.1) is 16.3 Å². The molecule has 0 amide bonds. The molecule has 0 atom stereocenters. The lowest BCUT2D eigenvalue weighted by Crippen LogP contribution is -2.18. The minimum atomic E-state index is -3.56. The Hall–Kier alpha value is -2.88. The summed E-state index contributed by atoms with van der Waals surface area (Å²) >= 11 is 5.90. The molecule has 3 aromatic rings. The zero-order chi connectivity index (χ0) is 20.1. The molecule has 4 N–H and O–H groups in total. The second-order valence-electron chi connectivity index (χ2n) is 5.71. The van der Waals surface area contributed by atoms with E-state index in [2.05, 4.69) is 30.6 Å². The molecule has 146 valence electrons. The monoisotopic (exact) mass is 418 g/mol. The van der Waals surface area contributed by atoms with E-state index in [1.165, 1.54) is 25.5 Å². The molecule has 0 fully saturated rings. The summed E-state index contributed by atoms with van der Waals surface area (Å²) in [5.74, 6) is 1.08. The Bertz CT molecular complexity index is 1070. The number of hydrogen-bond acceptors (Lipinski definition) is 7. The highest BCUT2D eigenvalue weighted by molar-refractivity contribution is 7.89. The van der Waals surface area contributed by atoms with Crippen molar-refractivity contribution in [1.29, 1.82) is 0 Å². The van der Waals surface area contributed by atoms with Crippen molar-refractivity contribution in [2.24, 2.45) is 0 Å². The van der Waals surface area contributed by atoms with Crippen LogP contribution in [-0.2, 0) is 10.0 Å². The highest BCUT2D eigenvalue weighted by atomic mass is 35.5. The van der Waals surface area contributed by atoms with Gasteiger partial charge in [-0.25, -0.2) is 23.1 Å². The maximum atomic E-state index is 12.1. The van der Waals surface area contributed by atoms with E-state index in [0.29, 0.717) is 22.3 Å². The predicted molar refractivity (Wildman–Crippen MR) is 112 cm³/mol. The number of nitrogens with zero attached hydrogens (tertiary/aromatic N) is 2. The summed E-state index contributed by atoms with van der Waals surface area (Å²) in [6, 6.07) is 13.7. The lowest BCUT2D eigenvalue weighted by molar-refractivity contribution is 0.588. The third-order valence-corrected chi connectivity index (χ3v) is 5.55. The zero-order valence-corrected chi connectivity index (χ0v) is 16.8. The molecule has 0 unspecified atom stereocenters. The second kappa shape index (κ2) is 8.42. The molecular weight excluding hydrogens is 400 g/mol.